The molecule has 0 aliphatic rings. The highest BCUT2D eigenvalue weighted by atomic mass is 32.2. The van der Waals surface area contributed by atoms with Gasteiger partial charge in [0, 0.05) is 24.2 Å². The standard InChI is InChI=1S/C30H31N3O6S/c1-4-33(23-15-17-24(38-3)18-16-23)29(34)26(20-22-10-6-5-7-11-22)31-30(35)32-40(36,37)28-14-8-12-25(21(28)2)27-13-9-19-39-27/h5-19,26H,4,20H2,1-3H3,(H2,31,32,35)/t26-/m0/s1. The van der Waals surface area contributed by atoms with Crippen LogP contribution < -0.4 is 19.7 Å². The summed E-state index contributed by atoms with van der Waals surface area (Å²) in [6.45, 7) is 3.79. The lowest BCUT2D eigenvalue weighted by atomic mass is 10.0. The molecule has 0 aliphatic heterocycles. The third-order valence-electron chi connectivity index (χ3n) is 6.44. The number of benzene rings is 3. The first-order valence-electron chi connectivity index (χ1n) is 12.7. The summed E-state index contributed by atoms with van der Waals surface area (Å²) >= 11 is 0. The van der Waals surface area contributed by atoms with Crippen LogP contribution in [0.2, 0.25) is 0 Å². The van der Waals surface area contributed by atoms with Crippen molar-refractivity contribution >= 4 is 27.6 Å². The van der Waals surface area contributed by atoms with E-state index in [0.717, 1.165) is 5.56 Å². The van der Waals surface area contributed by atoms with Gasteiger partial charge in [-0.3, -0.25) is 4.79 Å². The molecule has 0 fully saturated rings. The summed E-state index contributed by atoms with van der Waals surface area (Å²) in [5.74, 6) is 0.757. The molecular formula is C30H31N3O6S. The lowest BCUT2D eigenvalue weighted by molar-refractivity contribution is -0.120. The summed E-state index contributed by atoms with van der Waals surface area (Å²) < 4.78 is 39.2. The van der Waals surface area contributed by atoms with E-state index in [-0.39, 0.29) is 17.2 Å². The minimum Gasteiger partial charge on any atom is -0.497 e. The molecule has 0 aliphatic carbocycles. The number of rotatable bonds is 10. The van der Waals surface area contributed by atoms with Gasteiger partial charge in [-0.15, -0.1) is 0 Å². The predicted molar refractivity (Wildman–Crippen MR) is 153 cm³/mol. The molecule has 1 atom stereocenters. The Bertz CT molecular complexity index is 1550. The van der Waals surface area contributed by atoms with Crippen LogP contribution in [-0.4, -0.2) is 40.1 Å². The van der Waals surface area contributed by atoms with Crippen LogP contribution in [0.25, 0.3) is 11.3 Å². The minimum atomic E-state index is -4.28. The van der Waals surface area contributed by atoms with E-state index in [1.807, 2.05) is 37.3 Å². The van der Waals surface area contributed by atoms with Crippen LogP contribution in [-0.2, 0) is 21.2 Å². The molecule has 1 heterocycles. The number of nitrogens with one attached hydrogen (secondary N) is 2. The van der Waals surface area contributed by atoms with Gasteiger partial charge in [0.2, 0.25) is 5.91 Å². The van der Waals surface area contributed by atoms with Gasteiger partial charge in [0.05, 0.1) is 18.3 Å². The third kappa shape index (κ3) is 6.52. The number of nitrogens with zero attached hydrogens (tertiary/aromatic N) is 1. The lowest BCUT2D eigenvalue weighted by Gasteiger charge is -2.27. The van der Waals surface area contributed by atoms with Crippen LogP contribution in [0.15, 0.2) is 101 Å². The molecule has 208 valence electrons. The molecule has 0 saturated heterocycles. The molecule has 3 aromatic carbocycles. The Labute approximate surface area is 233 Å². The van der Waals surface area contributed by atoms with Crippen molar-refractivity contribution in [3.63, 3.8) is 0 Å². The van der Waals surface area contributed by atoms with Gasteiger partial charge in [-0.1, -0.05) is 42.5 Å². The molecule has 4 rings (SSSR count). The molecule has 0 radical (unpaired) electrons. The molecule has 2 N–H and O–H groups in total. The van der Waals surface area contributed by atoms with Crippen LogP contribution in [0, 0.1) is 6.92 Å². The highest BCUT2D eigenvalue weighted by molar-refractivity contribution is 7.90. The number of furan rings is 1. The molecule has 3 amide bonds. The zero-order valence-electron chi connectivity index (χ0n) is 22.5. The number of ether oxygens (including phenoxy) is 1. The summed E-state index contributed by atoms with van der Waals surface area (Å²) in [7, 11) is -2.72. The molecule has 40 heavy (non-hydrogen) atoms. The van der Waals surface area contributed by atoms with Crippen LogP contribution in [0.1, 0.15) is 18.1 Å². The summed E-state index contributed by atoms with van der Waals surface area (Å²) in [5, 5.41) is 2.60. The number of carbonyl (C=O) groups is 2. The van der Waals surface area contributed by atoms with E-state index >= 15 is 0 Å². The largest absolute Gasteiger partial charge is 0.497 e. The summed E-state index contributed by atoms with van der Waals surface area (Å²) in [6.07, 6.45) is 1.66. The molecule has 0 unspecified atom stereocenters. The topological polar surface area (TPSA) is 118 Å². The second-order valence-corrected chi connectivity index (χ2v) is 10.7. The van der Waals surface area contributed by atoms with Crippen LogP contribution >= 0.6 is 0 Å². The zero-order valence-corrected chi connectivity index (χ0v) is 23.3. The van der Waals surface area contributed by atoms with E-state index in [4.69, 9.17) is 9.15 Å². The fourth-order valence-corrected chi connectivity index (χ4v) is 5.62. The number of methoxy groups -OCH3 is 1. The third-order valence-corrected chi connectivity index (χ3v) is 7.92. The Hall–Kier alpha value is -4.57. The minimum absolute atomic E-state index is 0.0732. The Kier molecular flexibility index (Phi) is 8.90. The molecule has 0 bridgehead atoms. The highest BCUT2D eigenvalue weighted by Crippen LogP contribution is 2.28. The second-order valence-electron chi connectivity index (χ2n) is 9.01. The van der Waals surface area contributed by atoms with Gasteiger partial charge in [-0.2, -0.15) is 0 Å². The fraction of sp³-hybridized carbons (Fsp3) is 0.200. The van der Waals surface area contributed by atoms with Crippen molar-refractivity contribution in [2.24, 2.45) is 0 Å². The van der Waals surface area contributed by atoms with Crippen LogP contribution in [0.5, 0.6) is 5.75 Å². The van der Waals surface area contributed by atoms with E-state index in [1.165, 1.54) is 17.2 Å². The Morgan fingerprint density at radius 3 is 2.30 bits per heavy atom. The van der Waals surface area contributed by atoms with Gasteiger partial charge in [-0.25, -0.2) is 17.9 Å². The quantitative estimate of drug-likeness (QED) is 0.284. The molecule has 0 saturated carbocycles. The monoisotopic (exact) mass is 561 g/mol. The fourth-order valence-electron chi connectivity index (χ4n) is 4.43. The van der Waals surface area contributed by atoms with Crippen molar-refractivity contribution in [2.45, 2.75) is 31.2 Å². The molecule has 4 aromatic rings. The maximum Gasteiger partial charge on any atom is 0.329 e. The second kappa shape index (κ2) is 12.5. The van der Waals surface area contributed by atoms with Gasteiger partial charge < -0.3 is 19.4 Å². The van der Waals surface area contributed by atoms with Crippen LogP contribution in [0.4, 0.5) is 10.5 Å². The number of amides is 3. The zero-order chi connectivity index (χ0) is 28.7. The number of likely N-dealkylation sites (N-methyl/N-ethyl adjacent to an activating group) is 1. The van der Waals surface area contributed by atoms with E-state index in [9.17, 15) is 18.0 Å². The lowest BCUT2D eigenvalue weighted by Crippen LogP contribution is -2.53. The van der Waals surface area contributed by atoms with Crippen molar-refractivity contribution in [3.8, 4) is 17.1 Å². The predicted octanol–water partition coefficient (Wildman–Crippen LogP) is 4.92. The van der Waals surface area contributed by atoms with Gasteiger partial charge in [0.25, 0.3) is 10.0 Å². The Morgan fingerprint density at radius 1 is 0.950 bits per heavy atom. The number of hydrogen-bond donors (Lipinski definition) is 2. The Morgan fingerprint density at radius 2 is 1.68 bits per heavy atom. The molecule has 0 spiro atoms. The summed E-state index contributed by atoms with van der Waals surface area (Å²) in [4.78, 5) is 28.3. The van der Waals surface area contributed by atoms with E-state index in [2.05, 4.69) is 10.0 Å². The first kappa shape index (κ1) is 28.4. The molecular weight excluding hydrogens is 530 g/mol. The van der Waals surface area contributed by atoms with Crippen molar-refractivity contribution in [2.75, 3.05) is 18.6 Å². The number of carbonyl (C=O) groups excluding carboxylic acids is 2. The smallest absolute Gasteiger partial charge is 0.329 e. The van der Waals surface area contributed by atoms with Crippen molar-refractivity contribution in [3.05, 3.63) is 102 Å². The number of urea groups is 1. The van der Waals surface area contributed by atoms with Gasteiger partial charge in [0.15, 0.2) is 0 Å². The molecule has 9 nitrogen and oxygen atoms in total. The van der Waals surface area contributed by atoms with Gasteiger partial charge >= 0.3 is 6.03 Å². The molecule has 1 aromatic heterocycles. The average Bonchev–Trinajstić information content (AvgIpc) is 3.48. The first-order valence-corrected chi connectivity index (χ1v) is 14.2. The normalized spacial score (nSPS) is 11.9. The maximum atomic E-state index is 13.7. The summed E-state index contributed by atoms with van der Waals surface area (Å²) in [6, 6.07) is 22.3. The first-order chi connectivity index (χ1) is 19.2. The number of anilines is 1. The number of sulfonamides is 1. The molecule has 10 heteroatoms. The van der Waals surface area contributed by atoms with Gasteiger partial charge in [0.1, 0.15) is 17.6 Å². The highest BCUT2D eigenvalue weighted by Gasteiger charge is 2.29. The van der Waals surface area contributed by atoms with Crippen molar-refractivity contribution < 1.29 is 27.2 Å². The van der Waals surface area contributed by atoms with Crippen molar-refractivity contribution in [1.82, 2.24) is 10.0 Å². The van der Waals surface area contributed by atoms with Crippen LogP contribution in [0.3, 0.4) is 0 Å². The Balaban J connectivity index is 1.58. The average molecular weight is 562 g/mol. The van der Waals surface area contributed by atoms with E-state index < -0.39 is 22.1 Å². The van der Waals surface area contributed by atoms with Crippen molar-refractivity contribution in [1.29, 1.82) is 0 Å². The van der Waals surface area contributed by atoms with Gasteiger partial charge in [-0.05, 0) is 67.4 Å². The number of hydrogen-bond acceptors (Lipinski definition) is 6. The maximum absolute atomic E-state index is 13.7. The van der Waals surface area contributed by atoms with E-state index in [1.54, 1.807) is 62.6 Å². The SMILES string of the molecule is CCN(C(=O)[C@H](Cc1ccccc1)NC(=O)NS(=O)(=O)c1cccc(-c2ccco2)c1C)c1ccc(OC)cc1. The summed E-state index contributed by atoms with van der Waals surface area (Å²) in [5.41, 5.74) is 2.43. The van der Waals surface area contributed by atoms with E-state index in [0.29, 0.717) is 34.9 Å².